The summed E-state index contributed by atoms with van der Waals surface area (Å²) in [5.41, 5.74) is 10.1. The molecule has 35 heavy (non-hydrogen) atoms. The van der Waals surface area contributed by atoms with E-state index >= 15 is 0 Å². The van der Waals surface area contributed by atoms with E-state index in [0.29, 0.717) is 15.6 Å². The third-order valence-electron chi connectivity index (χ3n) is 5.64. The first-order valence-corrected chi connectivity index (χ1v) is 12.2. The van der Waals surface area contributed by atoms with E-state index in [1.807, 2.05) is 60.2 Å². The number of hydrogen-bond donors (Lipinski definition) is 2. The number of carbonyl (C=O) groups is 2. The molecule has 180 valence electrons. The number of para-hydroxylation sites is 1. The highest BCUT2D eigenvalue weighted by molar-refractivity contribution is 8.18. The van der Waals surface area contributed by atoms with Crippen molar-refractivity contribution in [2.75, 3.05) is 6.61 Å². The highest BCUT2D eigenvalue weighted by atomic mass is 32.2. The maximum absolute atomic E-state index is 12.7. The lowest BCUT2D eigenvalue weighted by atomic mass is 10.1. The van der Waals surface area contributed by atoms with Gasteiger partial charge in [0.25, 0.3) is 0 Å². The second kappa shape index (κ2) is 10.2. The number of rotatable bonds is 7. The van der Waals surface area contributed by atoms with Gasteiger partial charge in [0, 0.05) is 17.1 Å². The van der Waals surface area contributed by atoms with Gasteiger partial charge < -0.3 is 20.1 Å². The van der Waals surface area contributed by atoms with E-state index in [4.69, 9.17) is 10.5 Å². The van der Waals surface area contributed by atoms with Gasteiger partial charge >= 0.3 is 5.97 Å². The molecule has 0 saturated heterocycles. The van der Waals surface area contributed by atoms with Gasteiger partial charge in [0.1, 0.15) is 22.9 Å². The van der Waals surface area contributed by atoms with Crippen LogP contribution in [-0.4, -0.2) is 33.2 Å². The summed E-state index contributed by atoms with van der Waals surface area (Å²) in [6, 6.07) is 13.5. The molecular formula is C27H27N3O4S. The van der Waals surface area contributed by atoms with Gasteiger partial charge in [-0.25, -0.2) is 9.79 Å². The summed E-state index contributed by atoms with van der Waals surface area (Å²) < 4.78 is 7.03. The largest absolute Gasteiger partial charge is 0.506 e. The van der Waals surface area contributed by atoms with Gasteiger partial charge in [0.2, 0.25) is 5.91 Å². The molecule has 0 saturated carbocycles. The number of ether oxygens (including phenoxy) is 1. The van der Waals surface area contributed by atoms with Crippen LogP contribution in [-0.2, 0) is 27.3 Å². The summed E-state index contributed by atoms with van der Waals surface area (Å²) >= 11 is 1.20. The number of aliphatic imine (C=N–C) groups is 1. The average Bonchev–Trinajstić information content (AvgIpc) is 3.32. The first-order valence-electron chi connectivity index (χ1n) is 11.4. The molecule has 4 rings (SSSR count). The Balaban J connectivity index is 1.84. The fourth-order valence-corrected chi connectivity index (χ4v) is 5.05. The number of primary amides is 1. The molecule has 1 aliphatic heterocycles. The van der Waals surface area contributed by atoms with Crippen LogP contribution in [0.4, 0.5) is 5.69 Å². The van der Waals surface area contributed by atoms with Gasteiger partial charge in [-0.3, -0.25) is 4.79 Å². The number of fused-ring (bicyclic) bond motifs is 1. The van der Waals surface area contributed by atoms with Crippen molar-refractivity contribution in [3.05, 3.63) is 81.6 Å². The minimum Gasteiger partial charge on any atom is -0.506 e. The van der Waals surface area contributed by atoms with Crippen LogP contribution in [0.3, 0.4) is 0 Å². The third kappa shape index (κ3) is 5.02. The fraction of sp³-hybridized carbons (Fsp3) is 0.222. The van der Waals surface area contributed by atoms with E-state index in [2.05, 4.69) is 11.9 Å². The number of thioether (sulfide) groups is 1. The lowest BCUT2D eigenvalue weighted by Crippen LogP contribution is -2.18. The number of aromatic nitrogens is 1. The molecule has 0 unspecified atom stereocenters. The first kappa shape index (κ1) is 24.3. The molecule has 3 aromatic rings. The maximum Gasteiger partial charge on any atom is 0.344 e. The summed E-state index contributed by atoms with van der Waals surface area (Å²) in [7, 11) is 0. The van der Waals surface area contributed by atoms with Crippen molar-refractivity contribution in [3.63, 3.8) is 0 Å². The van der Waals surface area contributed by atoms with Crippen molar-refractivity contribution >= 4 is 51.3 Å². The predicted octanol–water partition coefficient (Wildman–Crippen LogP) is 5.19. The van der Waals surface area contributed by atoms with Crippen LogP contribution >= 0.6 is 11.8 Å². The van der Waals surface area contributed by atoms with E-state index in [9.17, 15) is 14.7 Å². The van der Waals surface area contributed by atoms with Crippen LogP contribution in [0.25, 0.3) is 17.0 Å². The molecular weight excluding hydrogens is 462 g/mol. The lowest BCUT2D eigenvalue weighted by Gasteiger charge is -2.06. The van der Waals surface area contributed by atoms with Crippen molar-refractivity contribution in [1.29, 1.82) is 0 Å². The predicted molar refractivity (Wildman–Crippen MR) is 141 cm³/mol. The van der Waals surface area contributed by atoms with Crippen LogP contribution in [0.2, 0.25) is 0 Å². The molecule has 0 atom stereocenters. The Bertz CT molecular complexity index is 1400. The Morgan fingerprint density at radius 3 is 2.57 bits per heavy atom. The van der Waals surface area contributed by atoms with Crippen molar-refractivity contribution in [1.82, 2.24) is 4.57 Å². The van der Waals surface area contributed by atoms with Gasteiger partial charge in [0.05, 0.1) is 22.7 Å². The number of aliphatic hydroxyl groups is 1. The van der Waals surface area contributed by atoms with E-state index < -0.39 is 11.9 Å². The zero-order valence-corrected chi connectivity index (χ0v) is 20.7. The highest BCUT2D eigenvalue weighted by Crippen LogP contribution is 2.41. The number of nitrogens with two attached hydrogens (primary N) is 1. The fourth-order valence-electron chi connectivity index (χ4n) is 4.03. The van der Waals surface area contributed by atoms with Crippen LogP contribution in [0.15, 0.2) is 69.9 Å². The number of aliphatic hydroxyl groups excluding tert-OH is 1. The lowest BCUT2D eigenvalue weighted by molar-refractivity contribution is -0.138. The molecule has 0 radical (unpaired) electrons. The second-order valence-corrected chi connectivity index (χ2v) is 9.18. The van der Waals surface area contributed by atoms with Crippen LogP contribution in [0, 0.1) is 6.92 Å². The monoisotopic (exact) mass is 489 g/mol. The number of hydrogen-bond acceptors (Lipinski definition) is 6. The van der Waals surface area contributed by atoms with Gasteiger partial charge in [0.15, 0.2) is 0 Å². The van der Waals surface area contributed by atoms with Gasteiger partial charge in [-0.1, -0.05) is 54.6 Å². The number of amides is 1. The van der Waals surface area contributed by atoms with Crippen LogP contribution in [0.5, 0.6) is 0 Å². The second-order valence-electron chi connectivity index (χ2n) is 8.15. The summed E-state index contributed by atoms with van der Waals surface area (Å²) in [4.78, 5) is 29.5. The standard InChI is InChI=1S/C27H27N3O4S/c1-4-17-7-6-8-20-18(14-30(24(17)20)15-22(28)31)13-21-25(32)23(27(33)34-5-2)26(35-21)29-19-11-9-16(3)10-12-19/h6-14,32H,4-5,15H2,1-3H3,(H2,28,31)/b21-13-,29-26?. The molecule has 2 heterocycles. The van der Waals surface area contributed by atoms with Crippen molar-refractivity contribution < 1.29 is 19.4 Å². The van der Waals surface area contributed by atoms with Gasteiger partial charge in [-0.15, -0.1) is 0 Å². The molecule has 1 aromatic heterocycles. The number of carbonyl (C=O) groups excluding carboxylic acids is 2. The average molecular weight is 490 g/mol. The topological polar surface area (TPSA) is 107 Å². The Kier molecular flexibility index (Phi) is 7.12. The summed E-state index contributed by atoms with van der Waals surface area (Å²) in [5, 5.41) is 12.3. The van der Waals surface area contributed by atoms with Crippen LogP contribution in [0.1, 0.15) is 30.5 Å². The molecule has 0 fully saturated rings. The molecule has 8 heteroatoms. The SMILES string of the molecule is CCOC(=O)C1=C(O)/C(=C/c2cn(CC(N)=O)c3c(CC)cccc23)SC1=Nc1ccc(C)cc1. The van der Waals surface area contributed by atoms with Crippen molar-refractivity contribution in [3.8, 4) is 0 Å². The molecule has 0 spiro atoms. The summed E-state index contributed by atoms with van der Waals surface area (Å²) in [6.45, 7) is 5.97. The minimum atomic E-state index is -0.629. The molecule has 7 nitrogen and oxygen atoms in total. The number of nitrogens with zero attached hydrogens (tertiary/aromatic N) is 2. The smallest absolute Gasteiger partial charge is 0.344 e. The molecule has 3 N–H and O–H groups in total. The minimum absolute atomic E-state index is 0.0406. The van der Waals surface area contributed by atoms with Gasteiger partial charge in [-0.2, -0.15) is 0 Å². The Hall–Kier alpha value is -3.78. The normalized spacial score (nSPS) is 16.0. The molecule has 1 amide bonds. The molecule has 0 aliphatic carbocycles. The van der Waals surface area contributed by atoms with Crippen LogP contribution < -0.4 is 5.73 Å². The van der Waals surface area contributed by atoms with E-state index in [-0.39, 0.29) is 24.5 Å². The Morgan fingerprint density at radius 1 is 1.17 bits per heavy atom. The van der Waals surface area contributed by atoms with Gasteiger partial charge in [-0.05, 0) is 44.0 Å². The molecule has 1 aliphatic rings. The maximum atomic E-state index is 12.7. The zero-order valence-electron chi connectivity index (χ0n) is 19.9. The van der Waals surface area contributed by atoms with E-state index in [0.717, 1.165) is 34.0 Å². The van der Waals surface area contributed by atoms with Crippen molar-refractivity contribution in [2.45, 2.75) is 33.7 Å². The quantitative estimate of drug-likeness (QED) is 0.444. The third-order valence-corrected chi connectivity index (χ3v) is 6.66. The first-order chi connectivity index (χ1) is 16.8. The number of aryl methyl sites for hydroxylation is 2. The van der Waals surface area contributed by atoms with E-state index in [1.54, 1.807) is 13.0 Å². The molecule has 0 bridgehead atoms. The summed E-state index contributed by atoms with van der Waals surface area (Å²) in [6.07, 6.45) is 4.43. The Labute approximate surface area is 208 Å². The Morgan fingerprint density at radius 2 is 1.91 bits per heavy atom. The molecule has 2 aromatic carbocycles. The summed E-state index contributed by atoms with van der Waals surface area (Å²) in [5.74, 6) is -1.25. The zero-order chi connectivity index (χ0) is 25.1. The highest BCUT2D eigenvalue weighted by Gasteiger charge is 2.33. The number of benzene rings is 2. The van der Waals surface area contributed by atoms with E-state index in [1.165, 1.54) is 11.8 Å². The number of esters is 1. The van der Waals surface area contributed by atoms with Crippen molar-refractivity contribution in [2.24, 2.45) is 10.7 Å².